The van der Waals surface area contributed by atoms with Crippen LogP contribution in [0.3, 0.4) is 0 Å². The van der Waals surface area contributed by atoms with Gasteiger partial charge in [-0.05, 0) is 37.3 Å². The molecule has 6 nitrogen and oxygen atoms in total. The average Bonchev–Trinajstić information content (AvgIpc) is 2.79. The topological polar surface area (TPSA) is 110 Å². The molecule has 20 heavy (non-hydrogen) atoms. The van der Waals surface area contributed by atoms with Gasteiger partial charge in [0.2, 0.25) is 0 Å². The average molecular weight is 267 g/mol. The van der Waals surface area contributed by atoms with Crippen LogP contribution in [-0.2, 0) is 0 Å². The Morgan fingerprint density at radius 2 is 2.05 bits per heavy atom. The molecule has 0 atom stereocenters. The van der Waals surface area contributed by atoms with Gasteiger partial charge in [-0.25, -0.2) is 0 Å². The highest BCUT2D eigenvalue weighted by Gasteiger charge is 2.10. The van der Waals surface area contributed by atoms with E-state index in [-0.39, 0.29) is 5.96 Å². The second-order valence-corrected chi connectivity index (χ2v) is 4.20. The number of rotatable bonds is 2. The summed E-state index contributed by atoms with van der Waals surface area (Å²) in [6.45, 7) is 1.88. The zero-order valence-electron chi connectivity index (χ0n) is 10.9. The molecule has 6 heteroatoms. The van der Waals surface area contributed by atoms with Crippen molar-refractivity contribution in [3.8, 4) is 11.8 Å². The first kappa shape index (κ1) is 13.4. The lowest BCUT2D eigenvalue weighted by molar-refractivity contribution is 0.100. The number of nitriles is 1. The van der Waals surface area contributed by atoms with Gasteiger partial charge >= 0.3 is 0 Å². The van der Waals surface area contributed by atoms with Gasteiger partial charge in [0, 0.05) is 16.9 Å². The molecule has 1 aromatic carbocycles. The van der Waals surface area contributed by atoms with E-state index in [4.69, 9.17) is 16.7 Å². The van der Waals surface area contributed by atoms with Crippen LogP contribution in [0.15, 0.2) is 41.4 Å². The van der Waals surface area contributed by atoms with E-state index in [2.05, 4.69) is 11.1 Å². The van der Waals surface area contributed by atoms with Crippen LogP contribution in [0.2, 0.25) is 0 Å². The minimum absolute atomic E-state index is 0.282. The standard InChI is InChI=1S/C14H13N5O/c1-9-5-6-12(8-15)19(9)11-4-2-3-10(7-11)13(20)18-14(16)17/h2-7H,1H3,(H4,16,17,18,20). The van der Waals surface area contributed by atoms with Crippen molar-refractivity contribution >= 4 is 11.9 Å². The zero-order valence-corrected chi connectivity index (χ0v) is 10.9. The number of nitrogens with two attached hydrogens (primary N) is 2. The Hall–Kier alpha value is -3.07. The number of nitrogens with zero attached hydrogens (tertiary/aromatic N) is 3. The van der Waals surface area contributed by atoms with Gasteiger partial charge in [-0.2, -0.15) is 10.3 Å². The van der Waals surface area contributed by atoms with Crippen LogP contribution >= 0.6 is 0 Å². The molecule has 2 aromatic rings. The number of benzene rings is 1. The van der Waals surface area contributed by atoms with E-state index < -0.39 is 5.91 Å². The van der Waals surface area contributed by atoms with Crippen LogP contribution in [-0.4, -0.2) is 16.4 Å². The fourth-order valence-corrected chi connectivity index (χ4v) is 1.93. The Morgan fingerprint density at radius 3 is 2.70 bits per heavy atom. The molecule has 1 amide bonds. The fraction of sp³-hybridized carbons (Fsp3) is 0.0714. The number of carbonyl (C=O) groups excluding carboxylic acids is 1. The molecule has 0 bridgehead atoms. The van der Waals surface area contributed by atoms with Crippen molar-refractivity contribution in [3.63, 3.8) is 0 Å². The molecule has 0 aliphatic heterocycles. The summed E-state index contributed by atoms with van der Waals surface area (Å²) in [5.74, 6) is -0.801. The number of aryl methyl sites for hydroxylation is 1. The molecule has 0 fully saturated rings. The fourth-order valence-electron chi connectivity index (χ4n) is 1.93. The SMILES string of the molecule is Cc1ccc(C#N)n1-c1cccc(C(=O)N=C(N)N)c1. The van der Waals surface area contributed by atoms with Crippen LogP contribution < -0.4 is 11.5 Å². The molecular formula is C14H13N5O. The number of guanidine groups is 1. The molecular weight excluding hydrogens is 254 g/mol. The van der Waals surface area contributed by atoms with Crippen LogP contribution in [0.1, 0.15) is 21.7 Å². The van der Waals surface area contributed by atoms with E-state index >= 15 is 0 Å². The number of amides is 1. The highest BCUT2D eigenvalue weighted by Crippen LogP contribution is 2.18. The van der Waals surface area contributed by atoms with Crippen LogP contribution in [0.4, 0.5) is 0 Å². The molecule has 0 aliphatic carbocycles. The summed E-state index contributed by atoms with van der Waals surface area (Å²) in [6, 6.07) is 12.4. The quantitative estimate of drug-likeness (QED) is 0.626. The summed E-state index contributed by atoms with van der Waals surface area (Å²) in [5, 5.41) is 9.10. The van der Waals surface area contributed by atoms with Crippen LogP contribution in [0.5, 0.6) is 0 Å². The van der Waals surface area contributed by atoms with E-state index in [9.17, 15) is 4.79 Å². The van der Waals surface area contributed by atoms with Crippen molar-refractivity contribution < 1.29 is 4.79 Å². The molecule has 2 rings (SSSR count). The van der Waals surface area contributed by atoms with Gasteiger partial charge in [0.05, 0.1) is 0 Å². The van der Waals surface area contributed by atoms with E-state index in [0.717, 1.165) is 5.69 Å². The molecule has 4 N–H and O–H groups in total. The maximum absolute atomic E-state index is 11.8. The summed E-state index contributed by atoms with van der Waals surface area (Å²) in [4.78, 5) is 15.3. The molecule has 100 valence electrons. The first-order valence-electron chi connectivity index (χ1n) is 5.86. The predicted molar refractivity (Wildman–Crippen MR) is 75.4 cm³/mol. The van der Waals surface area contributed by atoms with Crippen molar-refractivity contribution in [2.45, 2.75) is 6.92 Å². The third-order valence-electron chi connectivity index (χ3n) is 2.77. The second kappa shape index (κ2) is 5.28. The zero-order chi connectivity index (χ0) is 14.7. The van der Waals surface area contributed by atoms with Crippen LogP contribution in [0, 0.1) is 18.3 Å². The molecule has 1 aromatic heterocycles. The Morgan fingerprint density at radius 1 is 1.30 bits per heavy atom. The van der Waals surface area contributed by atoms with Gasteiger partial charge in [-0.15, -0.1) is 0 Å². The number of aromatic nitrogens is 1. The highest BCUT2D eigenvalue weighted by atomic mass is 16.1. The monoisotopic (exact) mass is 267 g/mol. The van der Waals surface area contributed by atoms with Gasteiger partial charge in [-0.1, -0.05) is 6.07 Å². The van der Waals surface area contributed by atoms with Gasteiger partial charge in [0.25, 0.3) is 5.91 Å². The number of aliphatic imine (C=N–C) groups is 1. The Balaban J connectivity index is 2.51. The maximum Gasteiger partial charge on any atom is 0.280 e. The van der Waals surface area contributed by atoms with E-state index in [1.165, 1.54) is 0 Å². The maximum atomic E-state index is 11.8. The van der Waals surface area contributed by atoms with Crippen molar-refractivity contribution in [1.29, 1.82) is 5.26 Å². The van der Waals surface area contributed by atoms with Gasteiger partial charge in [-0.3, -0.25) is 4.79 Å². The van der Waals surface area contributed by atoms with Crippen molar-refractivity contribution in [1.82, 2.24) is 4.57 Å². The lowest BCUT2D eigenvalue weighted by Gasteiger charge is -2.08. The minimum Gasteiger partial charge on any atom is -0.370 e. The smallest absolute Gasteiger partial charge is 0.280 e. The first-order valence-corrected chi connectivity index (χ1v) is 5.86. The Bertz CT molecular complexity index is 732. The predicted octanol–water partition coefficient (Wildman–Crippen LogP) is 1.07. The van der Waals surface area contributed by atoms with E-state index in [1.54, 1.807) is 34.9 Å². The van der Waals surface area contributed by atoms with Crippen molar-refractivity contribution in [2.24, 2.45) is 16.5 Å². The summed E-state index contributed by atoms with van der Waals surface area (Å²) < 4.78 is 1.76. The lowest BCUT2D eigenvalue weighted by atomic mass is 10.2. The van der Waals surface area contributed by atoms with E-state index in [1.807, 2.05) is 13.0 Å². The summed E-state index contributed by atoms with van der Waals surface area (Å²) in [5.41, 5.74) is 12.8. The molecule has 0 radical (unpaired) electrons. The highest BCUT2D eigenvalue weighted by molar-refractivity contribution is 6.02. The number of hydrogen-bond acceptors (Lipinski definition) is 2. The molecule has 0 aliphatic rings. The third kappa shape index (κ3) is 2.52. The van der Waals surface area contributed by atoms with Gasteiger partial charge in [0.1, 0.15) is 11.8 Å². The van der Waals surface area contributed by atoms with E-state index in [0.29, 0.717) is 16.9 Å². The van der Waals surface area contributed by atoms with Crippen molar-refractivity contribution in [2.75, 3.05) is 0 Å². The summed E-state index contributed by atoms with van der Waals surface area (Å²) in [6.07, 6.45) is 0. The van der Waals surface area contributed by atoms with Crippen LogP contribution in [0.25, 0.3) is 5.69 Å². The summed E-state index contributed by atoms with van der Waals surface area (Å²) >= 11 is 0. The minimum atomic E-state index is -0.518. The molecule has 0 saturated carbocycles. The first-order chi connectivity index (χ1) is 9.52. The van der Waals surface area contributed by atoms with Gasteiger partial charge < -0.3 is 16.0 Å². The molecule has 1 heterocycles. The van der Waals surface area contributed by atoms with Crippen molar-refractivity contribution in [3.05, 3.63) is 53.3 Å². The van der Waals surface area contributed by atoms with Gasteiger partial charge in [0.15, 0.2) is 5.96 Å². The number of hydrogen-bond donors (Lipinski definition) is 2. The largest absolute Gasteiger partial charge is 0.370 e. The molecule has 0 spiro atoms. The molecule has 0 unspecified atom stereocenters. The Kier molecular flexibility index (Phi) is 3.53. The third-order valence-corrected chi connectivity index (χ3v) is 2.77. The lowest BCUT2D eigenvalue weighted by Crippen LogP contribution is -2.24. The Labute approximate surface area is 115 Å². The summed E-state index contributed by atoms with van der Waals surface area (Å²) in [7, 11) is 0. The normalized spacial score (nSPS) is 9.80. The molecule has 0 saturated heterocycles. The number of carbonyl (C=O) groups is 1. The second-order valence-electron chi connectivity index (χ2n) is 4.20.